The molecule has 0 saturated heterocycles. The summed E-state index contributed by atoms with van der Waals surface area (Å²) < 4.78 is 5.38. The van der Waals surface area contributed by atoms with Gasteiger partial charge in [0.05, 0.1) is 6.61 Å². The summed E-state index contributed by atoms with van der Waals surface area (Å²) in [6.07, 6.45) is 1.01. The minimum atomic E-state index is -0.213. The van der Waals surface area contributed by atoms with E-state index in [0.717, 1.165) is 13.0 Å². The van der Waals surface area contributed by atoms with Gasteiger partial charge < -0.3 is 21.9 Å². The molecule has 98 valence electrons. The molecule has 0 aromatic rings. The van der Waals surface area contributed by atoms with E-state index in [0.29, 0.717) is 26.2 Å². The van der Waals surface area contributed by atoms with Crippen LogP contribution in [0, 0.1) is 5.41 Å². The third-order valence-electron chi connectivity index (χ3n) is 2.06. The molecule has 0 unspecified atom stereocenters. The van der Waals surface area contributed by atoms with Gasteiger partial charge in [0.2, 0.25) is 0 Å². The second-order valence-corrected chi connectivity index (χ2v) is 3.16. The summed E-state index contributed by atoms with van der Waals surface area (Å²) in [4.78, 5) is 0. The van der Waals surface area contributed by atoms with Crippen molar-refractivity contribution in [1.82, 2.24) is 0 Å². The fourth-order valence-electron chi connectivity index (χ4n) is 0.860. The fourth-order valence-corrected chi connectivity index (χ4v) is 0.860. The van der Waals surface area contributed by atoms with Gasteiger partial charge in [-0.15, -0.1) is 37.2 Å². The number of halogens is 3. The van der Waals surface area contributed by atoms with Crippen LogP contribution < -0.4 is 17.2 Å². The number of nitrogens with two attached hydrogens (primary N) is 3. The van der Waals surface area contributed by atoms with Crippen LogP contribution in [0.4, 0.5) is 0 Å². The summed E-state index contributed by atoms with van der Waals surface area (Å²) in [7, 11) is 0. The number of rotatable bonds is 7. The van der Waals surface area contributed by atoms with Gasteiger partial charge in [-0.1, -0.05) is 6.92 Å². The summed E-state index contributed by atoms with van der Waals surface area (Å²) in [5.74, 6) is 0. The van der Waals surface area contributed by atoms with E-state index in [2.05, 4.69) is 6.92 Å². The maximum atomic E-state index is 5.57. The first-order valence-corrected chi connectivity index (χ1v) is 4.42. The van der Waals surface area contributed by atoms with Crippen LogP contribution in [0.3, 0.4) is 0 Å². The summed E-state index contributed by atoms with van der Waals surface area (Å²) >= 11 is 0. The summed E-state index contributed by atoms with van der Waals surface area (Å²) in [6.45, 7) is 4.86. The van der Waals surface area contributed by atoms with Crippen LogP contribution >= 0.6 is 37.2 Å². The first-order valence-electron chi connectivity index (χ1n) is 4.42. The summed E-state index contributed by atoms with van der Waals surface area (Å²) in [5.41, 5.74) is 16.5. The molecule has 0 heterocycles. The van der Waals surface area contributed by atoms with Gasteiger partial charge in [0.25, 0.3) is 0 Å². The van der Waals surface area contributed by atoms with Crippen LogP contribution in [0.25, 0.3) is 0 Å². The largest absolute Gasteiger partial charge is 0.381 e. The van der Waals surface area contributed by atoms with E-state index >= 15 is 0 Å². The summed E-state index contributed by atoms with van der Waals surface area (Å²) in [5, 5.41) is 0. The Hall–Kier alpha value is 0.710. The Morgan fingerprint density at radius 3 is 1.60 bits per heavy atom. The molecule has 0 amide bonds. The summed E-state index contributed by atoms with van der Waals surface area (Å²) in [6, 6.07) is 0. The average molecular weight is 285 g/mol. The SMILES string of the molecule is CCCOCC(CN)(CN)CN.Cl.Cl.Cl. The van der Waals surface area contributed by atoms with Gasteiger partial charge in [-0.3, -0.25) is 0 Å². The molecule has 0 fully saturated rings. The van der Waals surface area contributed by atoms with Gasteiger partial charge >= 0.3 is 0 Å². The lowest BCUT2D eigenvalue weighted by molar-refractivity contribution is 0.0567. The van der Waals surface area contributed by atoms with E-state index in [4.69, 9.17) is 21.9 Å². The Kier molecular flexibility index (Phi) is 24.3. The molecular weight excluding hydrogens is 260 g/mol. The van der Waals surface area contributed by atoms with E-state index in [-0.39, 0.29) is 42.6 Å². The highest BCUT2D eigenvalue weighted by Gasteiger charge is 2.25. The van der Waals surface area contributed by atoms with Crippen LogP contribution in [0.2, 0.25) is 0 Å². The molecule has 0 atom stereocenters. The smallest absolute Gasteiger partial charge is 0.0558 e. The van der Waals surface area contributed by atoms with Gasteiger partial charge in [0.1, 0.15) is 0 Å². The minimum Gasteiger partial charge on any atom is -0.381 e. The highest BCUT2D eigenvalue weighted by Crippen LogP contribution is 2.11. The van der Waals surface area contributed by atoms with Crippen molar-refractivity contribution in [2.24, 2.45) is 22.6 Å². The van der Waals surface area contributed by atoms with E-state index in [1.165, 1.54) is 0 Å². The lowest BCUT2D eigenvalue weighted by atomic mass is 9.89. The molecule has 0 aliphatic rings. The Morgan fingerprint density at radius 2 is 1.33 bits per heavy atom. The quantitative estimate of drug-likeness (QED) is 0.596. The van der Waals surface area contributed by atoms with Crippen molar-refractivity contribution in [1.29, 1.82) is 0 Å². The molecule has 0 aliphatic heterocycles. The van der Waals surface area contributed by atoms with Crippen molar-refractivity contribution < 1.29 is 4.74 Å². The zero-order chi connectivity index (χ0) is 9.45. The predicted octanol–water partition coefficient (Wildman–Crippen LogP) is 0.541. The lowest BCUT2D eigenvalue weighted by Gasteiger charge is -2.28. The molecule has 4 nitrogen and oxygen atoms in total. The van der Waals surface area contributed by atoms with E-state index in [1.54, 1.807) is 0 Å². The zero-order valence-electron chi connectivity index (χ0n) is 9.11. The van der Waals surface area contributed by atoms with Crippen molar-refractivity contribution in [3.05, 3.63) is 0 Å². The molecule has 0 bridgehead atoms. The Bertz CT molecular complexity index is 107. The van der Waals surface area contributed by atoms with E-state index in [9.17, 15) is 0 Å². The zero-order valence-corrected chi connectivity index (χ0v) is 11.6. The van der Waals surface area contributed by atoms with E-state index in [1.807, 2.05) is 0 Å². The Balaban J connectivity index is -0.000000202. The Morgan fingerprint density at radius 1 is 0.933 bits per heavy atom. The third kappa shape index (κ3) is 9.63. The van der Waals surface area contributed by atoms with Gasteiger partial charge in [-0.05, 0) is 6.42 Å². The first kappa shape index (κ1) is 24.8. The van der Waals surface area contributed by atoms with Crippen molar-refractivity contribution in [3.63, 3.8) is 0 Å². The maximum absolute atomic E-state index is 5.57. The van der Waals surface area contributed by atoms with Crippen molar-refractivity contribution in [2.75, 3.05) is 32.8 Å². The van der Waals surface area contributed by atoms with Crippen LogP contribution in [0.15, 0.2) is 0 Å². The Labute approximate surface area is 111 Å². The van der Waals surface area contributed by atoms with Crippen LogP contribution in [0.5, 0.6) is 0 Å². The van der Waals surface area contributed by atoms with Crippen LogP contribution in [-0.2, 0) is 4.74 Å². The molecule has 0 rings (SSSR count). The fraction of sp³-hybridized carbons (Fsp3) is 1.00. The maximum Gasteiger partial charge on any atom is 0.0558 e. The highest BCUT2D eigenvalue weighted by atomic mass is 35.5. The number of ether oxygens (including phenoxy) is 1. The normalized spacial score (nSPS) is 9.60. The van der Waals surface area contributed by atoms with Gasteiger partial charge in [-0.2, -0.15) is 0 Å². The lowest BCUT2D eigenvalue weighted by Crippen LogP contribution is -2.47. The van der Waals surface area contributed by atoms with Gasteiger partial charge in [-0.25, -0.2) is 0 Å². The standard InChI is InChI=1S/C8H21N3O.3ClH/c1-2-3-12-7-8(4-9,5-10)6-11;;;/h2-7,9-11H2,1H3;3*1H. The molecule has 7 heteroatoms. The number of hydrogen-bond donors (Lipinski definition) is 3. The van der Waals surface area contributed by atoms with Crippen LogP contribution in [-0.4, -0.2) is 32.8 Å². The van der Waals surface area contributed by atoms with Crippen molar-refractivity contribution >= 4 is 37.2 Å². The molecule has 0 aromatic carbocycles. The predicted molar refractivity (Wildman–Crippen MR) is 72.5 cm³/mol. The minimum absolute atomic E-state index is 0. The van der Waals surface area contributed by atoms with E-state index < -0.39 is 0 Å². The van der Waals surface area contributed by atoms with Crippen molar-refractivity contribution in [3.8, 4) is 0 Å². The monoisotopic (exact) mass is 283 g/mol. The molecule has 15 heavy (non-hydrogen) atoms. The third-order valence-corrected chi connectivity index (χ3v) is 2.06. The molecule has 0 saturated carbocycles. The second-order valence-electron chi connectivity index (χ2n) is 3.16. The van der Waals surface area contributed by atoms with Gasteiger partial charge in [0.15, 0.2) is 0 Å². The van der Waals surface area contributed by atoms with Gasteiger partial charge in [0, 0.05) is 31.7 Å². The first-order chi connectivity index (χ1) is 5.74. The molecule has 0 spiro atoms. The topological polar surface area (TPSA) is 87.3 Å². The molecule has 6 N–H and O–H groups in total. The molecule has 0 aromatic heterocycles. The molecular formula is C8H24Cl3N3O. The number of hydrogen-bond acceptors (Lipinski definition) is 4. The average Bonchev–Trinajstić information content (AvgIpc) is 2.14. The second kappa shape index (κ2) is 14.7. The van der Waals surface area contributed by atoms with Crippen LogP contribution in [0.1, 0.15) is 13.3 Å². The van der Waals surface area contributed by atoms with Crippen molar-refractivity contribution in [2.45, 2.75) is 13.3 Å². The highest BCUT2D eigenvalue weighted by molar-refractivity contribution is 5.86. The molecule has 0 radical (unpaired) electrons. The molecule has 0 aliphatic carbocycles.